The van der Waals surface area contributed by atoms with E-state index in [1.165, 1.54) is 0 Å². The van der Waals surface area contributed by atoms with Gasteiger partial charge in [-0.3, -0.25) is 4.68 Å². The van der Waals surface area contributed by atoms with Gasteiger partial charge in [0.25, 0.3) is 0 Å². The first-order valence-electron chi connectivity index (χ1n) is 5.44. The molecule has 90 valence electrons. The van der Waals surface area contributed by atoms with Crippen molar-refractivity contribution in [3.8, 4) is 0 Å². The average molecular weight is 252 g/mol. The van der Waals surface area contributed by atoms with Gasteiger partial charge in [-0.15, -0.1) is 0 Å². The highest BCUT2D eigenvalue weighted by Crippen LogP contribution is 2.26. The lowest BCUT2D eigenvalue weighted by Crippen LogP contribution is -2.07. The molecule has 4 nitrogen and oxygen atoms in total. The number of pyridine rings is 1. The number of hydrogen-bond donors (Lipinski definition) is 1. The average Bonchev–Trinajstić information content (AvgIpc) is 2.70. The van der Waals surface area contributed by atoms with Crippen molar-refractivity contribution in [2.75, 3.05) is 0 Å². The van der Waals surface area contributed by atoms with Crippen molar-refractivity contribution in [1.82, 2.24) is 14.8 Å². The lowest BCUT2D eigenvalue weighted by Gasteiger charge is -2.11. The molecule has 0 radical (unpaired) electrons. The first-order valence-corrected chi connectivity index (χ1v) is 5.82. The van der Waals surface area contributed by atoms with Crippen molar-refractivity contribution >= 4 is 11.6 Å². The minimum Gasteiger partial charge on any atom is -0.382 e. The fraction of sp³-hybridized carbons (Fsp3) is 0.333. The van der Waals surface area contributed by atoms with E-state index in [0.29, 0.717) is 10.7 Å². The minimum atomic E-state index is -0.797. The summed E-state index contributed by atoms with van der Waals surface area (Å²) in [6.07, 6.45) is 1.63. The largest absolute Gasteiger partial charge is 0.382 e. The summed E-state index contributed by atoms with van der Waals surface area (Å²) in [5.41, 5.74) is 2.26. The number of halogens is 1. The molecule has 2 rings (SSSR count). The third kappa shape index (κ3) is 2.33. The lowest BCUT2D eigenvalue weighted by atomic mass is 10.1. The third-order valence-corrected chi connectivity index (χ3v) is 3.01. The van der Waals surface area contributed by atoms with Crippen molar-refractivity contribution in [3.05, 3.63) is 46.5 Å². The van der Waals surface area contributed by atoms with E-state index in [2.05, 4.69) is 10.1 Å². The number of nitrogens with zero attached hydrogens (tertiary/aromatic N) is 3. The summed E-state index contributed by atoms with van der Waals surface area (Å²) in [6, 6.07) is 5.40. The fourth-order valence-corrected chi connectivity index (χ4v) is 1.96. The number of hydrogen-bond acceptors (Lipinski definition) is 3. The maximum atomic E-state index is 10.3. The SMILES string of the molecule is CCc1cc(C(O)c2cccnc2Cl)n(C)n1. The smallest absolute Gasteiger partial charge is 0.135 e. The van der Waals surface area contributed by atoms with Crippen LogP contribution in [-0.4, -0.2) is 19.9 Å². The Bertz CT molecular complexity index is 524. The summed E-state index contributed by atoms with van der Waals surface area (Å²) in [7, 11) is 1.81. The van der Waals surface area contributed by atoms with E-state index >= 15 is 0 Å². The van der Waals surface area contributed by atoms with Crippen molar-refractivity contribution < 1.29 is 5.11 Å². The number of aromatic nitrogens is 3. The van der Waals surface area contributed by atoms with Gasteiger partial charge in [-0.25, -0.2) is 4.98 Å². The van der Waals surface area contributed by atoms with Gasteiger partial charge in [0.15, 0.2) is 0 Å². The summed E-state index contributed by atoms with van der Waals surface area (Å²) < 4.78 is 1.67. The predicted octanol–water partition coefficient (Wildman–Crippen LogP) is 2.11. The first kappa shape index (κ1) is 12.1. The summed E-state index contributed by atoms with van der Waals surface area (Å²) in [5, 5.41) is 14.9. The van der Waals surface area contributed by atoms with Crippen LogP contribution in [-0.2, 0) is 13.5 Å². The highest BCUT2D eigenvalue weighted by atomic mass is 35.5. The molecule has 0 aliphatic rings. The Morgan fingerprint density at radius 1 is 1.53 bits per heavy atom. The summed E-state index contributed by atoms with van der Waals surface area (Å²) in [5.74, 6) is 0. The first-order chi connectivity index (χ1) is 8.13. The summed E-state index contributed by atoms with van der Waals surface area (Å²) >= 11 is 5.96. The van der Waals surface area contributed by atoms with E-state index in [1.54, 1.807) is 23.0 Å². The normalized spacial score (nSPS) is 12.7. The van der Waals surface area contributed by atoms with Crippen LogP contribution >= 0.6 is 11.6 Å². The van der Waals surface area contributed by atoms with Crippen LogP contribution in [0.25, 0.3) is 0 Å². The van der Waals surface area contributed by atoms with Crippen LogP contribution in [0, 0.1) is 0 Å². The number of aliphatic hydroxyl groups is 1. The predicted molar refractivity (Wildman–Crippen MR) is 65.9 cm³/mol. The number of aliphatic hydroxyl groups excluding tert-OH is 1. The highest BCUT2D eigenvalue weighted by Gasteiger charge is 2.18. The Morgan fingerprint density at radius 3 is 2.88 bits per heavy atom. The lowest BCUT2D eigenvalue weighted by molar-refractivity contribution is 0.209. The maximum absolute atomic E-state index is 10.3. The molecule has 2 aromatic rings. The van der Waals surface area contributed by atoms with E-state index in [1.807, 2.05) is 20.0 Å². The van der Waals surface area contributed by atoms with Gasteiger partial charge in [-0.05, 0) is 18.6 Å². The van der Waals surface area contributed by atoms with Crippen molar-refractivity contribution in [2.45, 2.75) is 19.4 Å². The molecule has 0 amide bonds. The molecule has 0 aromatic carbocycles. The molecule has 0 fully saturated rings. The zero-order valence-corrected chi connectivity index (χ0v) is 10.5. The van der Waals surface area contributed by atoms with Crippen LogP contribution < -0.4 is 0 Å². The standard InChI is InChI=1S/C12H14ClN3O/c1-3-8-7-10(16(2)15-8)11(17)9-5-4-6-14-12(9)13/h4-7,11,17H,3H2,1-2H3. The highest BCUT2D eigenvalue weighted by molar-refractivity contribution is 6.30. The zero-order chi connectivity index (χ0) is 12.4. The molecule has 0 saturated heterocycles. The topological polar surface area (TPSA) is 50.9 Å². The minimum absolute atomic E-state index is 0.319. The third-order valence-electron chi connectivity index (χ3n) is 2.69. The van der Waals surface area contributed by atoms with Crippen LogP contribution in [0.15, 0.2) is 24.4 Å². The van der Waals surface area contributed by atoms with Crippen LogP contribution in [0.4, 0.5) is 0 Å². The zero-order valence-electron chi connectivity index (χ0n) is 9.76. The van der Waals surface area contributed by atoms with Gasteiger partial charge in [0.05, 0.1) is 11.4 Å². The van der Waals surface area contributed by atoms with E-state index < -0.39 is 6.10 Å². The van der Waals surface area contributed by atoms with Crippen LogP contribution in [0.2, 0.25) is 5.15 Å². The van der Waals surface area contributed by atoms with Crippen molar-refractivity contribution in [1.29, 1.82) is 0 Å². The molecule has 0 bridgehead atoms. The molecule has 17 heavy (non-hydrogen) atoms. The van der Waals surface area contributed by atoms with Gasteiger partial charge < -0.3 is 5.11 Å². The second-order valence-electron chi connectivity index (χ2n) is 3.82. The second kappa shape index (κ2) is 4.85. The van der Waals surface area contributed by atoms with Gasteiger partial charge in [-0.1, -0.05) is 24.6 Å². The Hall–Kier alpha value is -1.39. The molecule has 1 N–H and O–H groups in total. The van der Waals surface area contributed by atoms with Crippen LogP contribution in [0.1, 0.15) is 30.0 Å². The van der Waals surface area contributed by atoms with Gasteiger partial charge >= 0.3 is 0 Å². The molecule has 0 aliphatic heterocycles. The molecule has 1 unspecified atom stereocenters. The summed E-state index contributed by atoms with van der Waals surface area (Å²) in [6.45, 7) is 2.02. The Labute approximate surface area is 105 Å². The van der Waals surface area contributed by atoms with Gasteiger partial charge in [0.2, 0.25) is 0 Å². The molecule has 0 aliphatic carbocycles. The van der Waals surface area contributed by atoms with Crippen LogP contribution in [0.3, 0.4) is 0 Å². The molecule has 1 atom stereocenters. The summed E-state index contributed by atoms with van der Waals surface area (Å²) in [4.78, 5) is 3.96. The van der Waals surface area contributed by atoms with E-state index in [-0.39, 0.29) is 0 Å². The fourth-order valence-electron chi connectivity index (χ4n) is 1.73. The number of aryl methyl sites for hydroxylation is 2. The van der Waals surface area contributed by atoms with E-state index in [9.17, 15) is 5.11 Å². The van der Waals surface area contributed by atoms with Crippen molar-refractivity contribution in [2.24, 2.45) is 7.05 Å². The Kier molecular flexibility index (Phi) is 3.45. The van der Waals surface area contributed by atoms with Crippen LogP contribution in [0.5, 0.6) is 0 Å². The number of rotatable bonds is 3. The van der Waals surface area contributed by atoms with Gasteiger partial charge in [0, 0.05) is 18.8 Å². The molecule has 2 aromatic heterocycles. The molecule has 5 heteroatoms. The van der Waals surface area contributed by atoms with E-state index in [4.69, 9.17) is 11.6 Å². The second-order valence-corrected chi connectivity index (χ2v) is 4.18. The monoisotopic (exact) mass is 251 g/mol. The van der Waals surface area contributed by atoms with Gasteiger partial charge in [-0.2, -0.15) is 5.10 Å². The molecule has 0 spiro atoms. The van der Waals surface area contributed by atoms with Gasteiger partial charge in [0.1, 0.15) is 11.3 Å². The quantitative estimate of drug-likeness (QED) is 0.850. The molecule has 0 saturated carbocycles. The maximum Gasteiger partial charge on any atom is 0.135 e. The van der Waals surface area contributed by atoms with E-state index in [0.717, 1.165) is 17.8 Å². The Balaban J connectivity index is 2.40. The Morgan fingerprint density at radius 2 is 2.29 bits per heavy atom. The molecular formula is C12H14ClN3O. The van der Waals surface area contributed by atoms with Crippen molar-refractivity contribution in [3.63, 3.8) is 0 Å². The molecule has 2 heterocycles. The molecular weight excluding hydrogens is 238 g/mol.